The molecule has 1 aromatic carbocycles. The third-order valence-corrected chi connectivity index (χ3v) is 2.10. The minimum absolute atomic E-state index is 0.142. The molecule has 0 aliphatic heterocycles. The maximum atomic E-state index is 10.4. The number of carboxylic acid groups (broad SMARTS) is 1. The van der Waals surface area contributed by atoms with Crippen molar-refractivity contribution in [3.05, 3.63) is 27.7 Å². The van der Waals surface area contributed by atoms with E-state index in [0.717, 1.165) is 0 Å². The lowest BCUT2D eigenvalue weighted by Crippen LogP contribution is -2.02. The maximum Gasteiger partial charge on any atom is 0.308 e. The van der Waals surface area contributed by atoms with Crippen molar-refractivity contribution in [1.82, 2.24) is 0 Å². The van der Waals surface area contributed by atoms with Crippen molar-refractivity contribution in [3.63, 3.8) is 0 Å². The molecule has 0 aliphatic carbocycles. The first kappa shape index (κ1) is 10.5. The summed E-state index contributed by atoms with van der Waals surface area (Å²) in [4.78, 5) is 10.4. The number of nitrogens with zero attached hydrogens (tertiary/aromatic N) is 1. The van der Waals surface area contributed by atoms with Crippen LogP contribution in [0.3, 0.4) is 0 Å². The summed E-state index contributed by atoms with van der Waals surface area (Å²) in [5.41, 5.74) is 0.308. The number of rotatable bonds is 2. The molecule has 0 radical (unpaired) electrons. The second-order valence-electron chi connectivity index (χ2n) is 2.63. The summed E-state index contributed by atoms with van der Waals surface area (Å²) in [6, 6.07) is 4.66. The quantitative estimate of drug-likeness (QED) is 0.842. The zero-order valence-corrected chi connectivity index (χ0v) is 8.58. The Kier molecular flexibility index (Phi) is 3.10. The van der Waals surface area contributed by atoms with E-state index in [1.807, 2.05) is 6.07 Å². The number of benzene rings is 1. The lowest BCUT2D eigenvalue weighted by Gasteiger charge is -2.04. The summed E-state index contributed by atoms with van der Waals surface area (Å²) in [6.45, 7) is 0. The highest BCUT2D eigenvalue weighted by Crippen LogP contribution is 2.26. The summed E-state index contributed by atoms with van der Waals surface area (Å²) in [5.74, 6) is -1.27. The summed E-state index contributed by atoms with van der Waals surface area (Å²) < 4.78 is 0.542. The molecule has 0 bridgehead atoms. The van der Waals surface area contributed by atoms with E-state index in [9.17, 15) is 9.90 Å². The monoisotopic (exact) mass is 255 g/mol. The molecule has 0 unspecified atom stereocenters. The number of carboxylic acids is 1. The molecule has 0 spiro atoms. The van der Waals surface area contributed by atoms with Gasteiger partial charge in [-0.2, -0.15) is 5.26 Å². The molecule has 0 fully saturated rings. The summed E-state index contributed by atoms with van der Waals surface area (Å²) >= 11 is 3.10. The largest absolute Gasteiger partial charge is 0.508 e. The minimum Gasteiger partial charge on any atom is -0.508 e. The Morgan fingerprint density at radius 2 is 2.21 bits per heavy atom. The Hall–Kier alpha value is -1.54. The van der Waals surface area contributed by atoms with Crippen LogP contribution in [0.25, 0.3) is 0 Å². The highest BCUT2D eigenvalue weighted by molar-refractivity contribution is 9.10. The number of nitriles is 1. The van der Waals surface area contributed by atoms with Crippen LogP contribution in [-0.4, -0.2) is 16.2 Å². The van der Waals surface area contributed by atoms with Gasteiger partial charge in [0.15, 0.2) is 0 Å². The standard InChI is InChI=1S/C9H6BrNO3/c10-6-1-5(4-11)7(3-9(13)14)8(12)2-6/h1-2,12H,3H2,(H,13,14). The van der Waals surface area contributed by atoms with Gasteiger partial charge in [0.1, 0.15) is 5.75 Å². The number of hydrogen-bond acceptors (Lipinski definition) is 3. The number of aromatic hydroxyl groups is 1. The predicted molar refractivity (Wildman–Crippen MR) is 51.9 cm³/mol. The molecule has 0 saturated heterocycles. The molecular formula is C9H6BrNO3. The van der Waals surface area contributed by atoms with Gasteiger partial charge in [0.05, 0.1) is 18.1 Å². The van der Waals surface area contributed by atoms with E-state index in [0.29, 0.717) is 4.47 Å². The summed E-state index contributed by atoms with van der Waals surface area (Å²) in [7, 11) is 0. The molecule has 14 heavy (non-hydrogen) atoms. The highest BCUT2D eigenvalue weighted by Gasteiger charge is 2.12. The van der Waals surface area contributed by atoms with E-state index < -0.39 is 5.97 Å². The second-order valence-corrected chi connectivity index (χ2v) is 3.55. The number of aliphatic carboxylic acids is 1. The molecule has 72 valence electrons. The predicted octanol–water partition coefficient (Wildman–Crippen LogP) is 1.65. The molecule has 2 N–H and O–H groups in total. The van der Waals surface area contributed by atoms with Gasteiger partial charge in [-0.05, 0) is 12.1 Å². The average molecular weight is 256 g/mol. The zero-order valence-electron chi connectivity index (χ0n) is 6.99. The molecule has 0 atom stereocenters. The van der Waals surface area contributed by atoms with Crippen molar-refractivity contribution >= 4 is 21.9 Å². The van der Waals surface area contributed by atoms with Crippen molar-refractivity contribution in [3.8, 4) is 11.8 Å². The fourth-order valence-corrected chi connectivity index (χ4v) is 1.50. The Balaban J connectivity index is 3.27. The van der Waals surface area contributed by atoms with Gasteiger partial charge in [-0.1, -0.05) is 15.9 Å². The van der Waals surface area contributed by atoms with Crippen LogP contribution in [0, 0.1) is 11.3 Å². The molecule has 1 aromatic rings. The van der Waals surface area contributed by atoms with Crippen LogP contribution in [0.1, 0.15) is 11.1 Å². The molecule has 4 nitrogen and oxygen atoms in total. The zero-order chi connectivity index (χ0) is 10.7. The van der Waals surface area contributed by atoms with E-state index in [4.69, 9.17) is 10.4 Å². The van der Waals surface area contributed by atoms with Crippen molar-refractivity contribution in [2.75, 3.05) is 0 Å². The van der Waals surface area contributed by atoms with Gasteiger partial charge >= 0.3 is 5.97 Å². The van der Waals surface area contributed by atoms with Gasteiger partial charge in [-0.25, -0.2) is 0 Å². The van der Waals surface area contributed by atoms with Crippen molar-refractivity contribution < 1.29 is 15.0 Å². The van der Waals surface area contributed by atoms with Crippen LogP contribution in [0.5, 0.6) is 5.75 Å². The number of phenolic OH excluding ortho intramolecular Hbond substituents is 1. The number of hydrogen-bond donors (Lipinski definition) is 2. The fraction of sp³-hybridized carbons (Fsp3) is 0.111. The van der Waals surface area contributed by atoms with Crippen molar-refractivity contribution in [1.29, 1.82) is 5.26 Å². The lowest BCUT2D eigenvalue weighted by atomic mass is 10.0. The minimum atomic E-state index is -1.08. The van der Waals surface area contributed by atoms with E-state index in [-0.39, 0.29) is 23.3 Å². The molecule has 0 saturated carbocycles. The van der Waals surface area contributed by atoms with Gasteiger partial charge in [0.25, 0.3) is 0 Å². The topological polar surface area (TPSA) is 81.3 Å². The Morgan fingerprint density at radius 1 is 1.57 bits per heavy atom. The number of phenols is 1. The second kappa shape index (κ2) is 4.11. The van der Waals surface area contributed by atoms with Crippen LogP contribution in [0.15, 0.2) is 16.6 Å². The van der Waals surface area contributed by atoms with Crippen LogP contribution < -0.4 is 0 Å². The number of halogens is 1. The van der Waals surface area contributed by atoms with Gasteiger partial charge < -0.3 is 10.2 Å². The van der Waals surface area contributed by atoms with Crippen molar-refractivity contribution in [2.24, 2.45) is 0 Å². The molecule has 0 aromatic heterocycles. The molecular weight excluding hydrogens is 250 g/mol. The highest BCUT2D eigenvalue weighted by atomic mass is 79.9. The number of carbonyl (C=O) groups is 1. The third-order valence-electron chi connectivity index (χ3n) is 1.64. The van der Waals surface area contributed by atoms with E-state index in [2.05, 4.69) is 15.9 Å². The first-order valence-electron chi connectivity index (χ1n) is 3.68. The van der Waals surface area contributed by atoms with E-state index in [1.165, 1.54) is 12.1 Å². The van der Waals surface area contributed by atoms with E-state index in [1.54, 1.807) is 0 Å². The van der Waals surface area contributed by atoms with Gasteiger partial charge in [0.2, 0.25) is 0 Å². The first-order valence-corrected chi connectivity index (χ1v) is 4.47. The molecule has 0 amide bonds. The average Bonchev–Trinajstić information content (AvgIpc) is 2.08. The first-order chi connectivity index (χ1) is 6.54. The molecule has 0 heterocycles. The Labute approximate surface area is 88.5 Å². The summed E-state index contributed by atoms with van der Waals surface area (Å²) in [6.07, 6.45) is -0.359. The van der Waals surface area contributed by atoms with E-state index >= 15 is 0 Å². The smallest absolute Gasteiger partial charge is 0.308 e. The third kappa shape index (κ3) is 2.24. The summed E-state index contributed by atoms with van der Waals surface area (Å²) in [5, 5.41) is 26.7. The van der Waals surface area contributed by atoms with Crippen LogP contribution in [-0.2, 0) is 11.2 Å². The Bertz CT molecular complexity index is 423. The van der Waals surface area contributed by atoms with Crippen LogP contribution in [0.2, 0.25) is 0 Å². The van der Waals surface area contributed by atoms with Gasteiger partial charge in [-0.3, -0.25) is 4.79 Å². The SMILES string of the molecule is N#Cc1cc(Br)cc(O)c1CC(=O)O. The molecule has 5 heteroatoms. The molecule has 1 rings (SSSR count). The van der Waals surface area contributed by atoms with Gasteiger partial charge in [0, 0.05) is 10.0 Å². The Morgan fingerprint density at radius 3 is 2.71 bits per heavy atom. The molecule has 0 aliphatic rings. The van der Waals surface area contributed by atoms with Crippen LogP contribution in [0.4, 0.5) is 0 Å². The maximum absolute atomic E-state index is 10.4. The van der Waals surface area contributed by atoms with Crippen LogP contribution >= 0.6 is 15.9 Å². The lowest BCUT2D eigenvalue weighted by molar-refractivity contribution is -0.136. The van der Waals surface area contributed by atoms with Crippen molar-refractivity contribution in [2.45, 2.75) is 6.42 Å². The fourth-order valence-electron chi connectivity index (χ4n) is 1.06. The van der Waals surface area contributed by atoms with Gasteiger partial charge in [-0.15, -0.1) is 0 Å². The normalized spacial score (nSPS) is 9.43.